The lowest BCUT2D eigenvalue weighted by Gasteiger charge is -2.08. The number of carbonyl (C=O) groups excluding carboxylic acids is 2. The second-order valence-corrected chi connectivity index (χ2v) is 5.60. The van der Waals surface area contributed by atoms with E-state index in [1.165, 1.54) is 7.11 Å². The third-order valence-corrected chi connectivity index (χ3v) is 3.76. The Kier molecular flexibility index (Phi) is 4.81. The lowest BCUT2D eigenvalue weighted by Crippen LogP contribution is -2.15. The zero-order valence-corrected chi connectivity index (χ0v) is 14.0. The van der Waals surface area contributed by atoms with Gasteiger partial charge in [-0.15, -0.1) is 0 Å². The standard InChI is InChI=1S/C18H14ClN3O3/c1-25-18(24)13-7-2-3-8-14(13)20-17(23)16-10-15(21-22-16)11-5-4-6-12(19)9-11/h2-10H,1H3,(H,20,23)(H,21,22). The number of halogens is 1. The first-order chi connectivity index (χ1) is 12.1. The molecule has 1 aromatic heterocycles. The summed E-state index contributed by atoms with van der Waals surface area (Å²) in [6, 6.07) is 15.4. The molecule has 0 atom stereocenters. The normalized spacial score (nSPS) is 10.3. The highest BCUT2D eigenvalue weighted by Gasteiger charge is 2.16. The summed E-state index contributed by atoms with van der Waals surface area (Å²) in [5.41, 5.74) is 2.27. The molecule has 0 fully saturated rings. The van der Waals surface area contributed by atoms with E-state index >= 15 is 0 Å². The molecule has 0 aliphatic carbocycles. The van der Waals surface area contributed by atoms with E-state index < -0.39 is 11.9 Å². The van der Waals surface area contributed by atoms with Crippen LogP contribution < -0.4 is 5.32 Å². The van der Waals surface area contributed by atoms with Crippen LogP contribution in [0, 0.1) is 0 Å². The molecular weight excluding hydrogens is 342 g/mol. The number of anilines is 1. The van der Waals surface area contributed by atoms with Crippen LogP contribution in [-0.4, -0.2) is 29.2 Å². The van der Waals surface area contributed by atoms with Crippen molar-refractivity contribution in [1.29, 1.82) is 0 Å². The number of hydrogen-bond acceptors (Lipinski definition) is 4. The van der Waals surface area contributed by atoms with Gasteiger partial charge in [-0.1, -0.05) is 35.9 Å². The Balaban J connectivity index is 1.83. The summed E-state index contributed by atoms with van der Waals surface area (Å²) in [7, 11) is 1.28. The van der Waals surface area contributed by atoms with Crippen molar-refractivity contribution in [3.8, 4) is 11.3 Å². The van der Waals surface area contributed by atoms with Crippen LogP contribution in [0.25, 0.3) is 11.3 Å². The molecular formula is C18H14ClN3O3. The molecule has 1 heterocycles. The third kappa shape index (κ3) is 3.70. The second-order valence-electron chi connectivity index (χ2n) is 5.17. The molecule has 0 saturated carbocycles. The summed E-state index contributed by atoms with van der Waals surface area (Å²) in [6.07, 6.45) is 0. The van der Waals surface area contributed by atoms with Gasteiger partial charge in [-0.3, -0.25) is 9.89 Å². The maximum atomic E-state index is 12.4. The number of H-pyrrole nitrogens is 1. The largest absolute Gasteiger partial charge is 0.465 e. The first-order valence-corrected chi connectivity index (χ1v) is 7.76. The average molecular weight is 356 g/mol. The lowest BCUT2D eigenvalue weighted by atomic mass is 10.1. The highest BCUT2D eigenvalue weighted by molar-refractivity contribution is 6.30. The molecule has 6 nitrogen and oxygen atoms in total. The molecule has 3 rings (SSSR count). The number of carbonyl (C=O) groups is 2. The average Bonchev–Trinajstić information content (AvgIpc) is 3.12. The van der Waals surface area contributed by atoms with Crippen molar-refractivity contribution in [3.05, 3.63) is 70.9 Å². The fourth-order valence-electron chi connectivity index (χ4n) is 2.30. The van der Waals surface area contributed by atoms with Gasteiger partial charge in [-0.05, 0) is 30.3 Å². The van der Waals surface area contributed by atoms with Crippen molar-refractivity contribution in [2.75, 3.05) is 12.4 Å². The van der Waals surface area contributed by atoms with Gasteiger partial charge in [0.05, 0.1) is 24.1 Å². The number of para-hydroxylation sites is 1. The molecule has 25 heavy (non-hydrogen) atoms. The minimum Gasteiger partial charge on any atom is -0.465 e. The van der Waals surface area contributed by atoms with Gasteiger partial charge in [-0.25, -0.2) is 4.79 Å². The minimum atomic E-state index is -0.528. The number of benzene rings is 2. The first kappa shape index (κ1) is 16.7. The van der Waals surface area contributed by atoms with E-state index in [0.717, 1.165) is 5.56 Å². The molecule has 0 unspecified atom stereocenters. The van der Waals surface area contributed by atoms with Gasteiger partial charge < -0.3 is 10.1 Å². The molecule has 7 heteroatoms. The molecule has 0 aliphatic rings. The highest BCUT2D eigenvalue weighted by Crippen LogP contribution is 2.22. The number of amides is 1. The molecule has 0 saturated heterocycles. The Morgan fingerprint density at radius 3 is 2.68 bits per heavy atom. The van der Waals surface area contributed by atoms with E-state index in [-0.39, 0.29) is 11.3 Å². The minimum absolute atomic E-state index is 0.259. The van der Waals surface area contributed by atoms with Crippen molar-refractivity contribution in [2.24, 2.45) is 0 Å². The summed E-state index contributed by atoms with van der Waals surface area (Å²) < 4.78 is 4.71. The Morgan fingerprint density at radius 2 is 1.92 bits per heavy atom. The van der Waals surface area contributed by atoms with Crippen LogP contribution in [0.1, 0.15) is 20.8 Å². The maximum absolute atomic E-state index is 12.4. The van der Waals surface area contributed by atoms with Crippen molar-refractivity contribution in [1.82, 2.24) is 10.2 Å². The van der Waals surface area contributed by atoms with Crippen molar-refractivity contribution in [2.45, 2.75) is 0 Å². The number of ether oxygens (including phenoxy) is 1. The maximum Gasteiger partial charge on any atom is 0.339 e. The van der Waals surface area contributed by atoms with Crippen LogP contribution in [0.4, 0.5) is 5.69 Å². The topological polar surface area (TPSA) is 84.1 Å². The number of aromatic amines is 1. The van der Waals surface area contributed by atoms with Crippen LogP contribution in [-0.2, 0) is 4.74 Å². The number of nitrogens with one attached hydrogen (secondary N) is 2. The van der Waals surface area contributed by atoms with Gasteiger partial charge in [0.2, 0.25) is 0 Å². The Hall–Kier alpha value is -3.12. The Morgan fingerprint density at radius 1 is 1.12 bits per heavy atom. The van der Waals surface area contributed by atoms with Gasteiger partial charge in [0.1, 0.15) is 5.69 Å². The molecule has 0 bridgehead atoms. The number of aromatic nitrogens is 2. The summed E-state index contributed by atoms with van der Waals surface area (Å²) in [6.45, 7) is 0. The molecule has 2 N–H and O–H groups in total. The summed E-state index contributed by atoms with van der Waals surface area (Å²) in [5, 5.41) is 10.1. The van der Waals surface area contributed by atoms with E-state index in [1.54, 1.807) is 48.5 Å². The summed E-state index contributed by atoms with van der Waals surface area (Å²) in [4.78, 5) is 24.2. The molecule has 0 spiro atoms. The van der Waals surface area contributed by atoms with Gasteiger partial charge in [-0.2, -0.15) is 5.10 Å². The number of esters is 1. The van der Waals surface area contributed by atoms with Crippen molar-refractivity contribution >= 4 is 29.2 Å². The van der Waals surface area contributed by atoms with Crippen LogP contribution in [0.2, 0.25) is 5.02 Å². The zero-order valence-electron chi connectivity index (χ0n) is 13.2. The second kappa shape index (κ2) is 7.19. The van der Waals surface area contributed by atoms with E-state index in [0.29, 0.717) is 16.4 Å². The highest BCUT2D eigenvalue weighted by atomic mass is 35.5. The van der Waals surface area contributed by atoms with Gasteiger partial charge in [0.25, 0.3) is 5.91 Å². The van der Waals surface area contributed by atoms with E-state index in [9.17, 15) is 9.59 Å². The number of nitrogens with zero attached hydrogens (tertiary/aromatic N) is 1. The Bertz CT molecular complexity index is 937. The fourth-order valence-corrected chi connectivity index (χ4v) is 2.49. The van der Waals surface area contributed by atoms with Crippen molar-refractivity contribution < 1.29 is 14.3 Å². The van der Waals surface area contributed by atoms with Gasteiger partial charge in [0.15, 0.2) is 0 Å². The summed E-state index contributed by atoms with van der Waals surface area (Å²) in [5.74, 6) is -0.947. The quantitative estimate of drug-likeness (QED) is 0.698. The summed E-state index contributed by atoms with van der Waals surface area (Å²) >= 11 is 5.97. The van der Waals surface area contributed by atoms with Crippen LogP contribution >= 0.6 is 11.6 Å². The monoisotopic (exact) mass is 355 g/mol. The van der Waals surface area contributed by atoms with E-state index in [2.05, 4.69) is 15.5 Å². The fraction of sp³-hybridized carbons (Fsp3) is 0.0556. The molecule has 126 valence electrons. The molecule has 0 aliphatic heterocycles. The SMILES string of the molecule is COC(=O)c1ccccc1NC(=O)c1cc(-c2cccc(Cl)c2)n[nH]1. The van der Waals surface area contributed by atoms with Gasteiger partial charge in [0, 0.05) is 10.6 Å². The first-order valence-electron chi connectivity index (χ1n) is 7.38. The molecule has 2 aromatic carbocycles. The predicted molar refractivity (Wildman–Crippen MR) is 94.8 cm³/mol. The zero-order chi connectivity index (χ0) is 17.8. The number of rotatable bonds is 4. The van der Waals surface area contributed by atoms with E-state index in [4.69, 9.17) is 16.3 Å². The van der Waals surface area contributed by atoms with Crippen LogP contribution in [0.15, 0.2) is 54.6 Å². The van der Waals surface area contributed by atoms with Crippen molar-refractivity contribution in [3.63, 3.8) is 0 Å². The Labute approximate surface area is 148 Å². The van der Waals surface area contributed by atoms with Crippen LogP contribution in [0.3, 0.4) is 0 Å². The molecule has 1 amide bonds. The lowest BCUT2D eigenvalue weighted by molar-refractivity contribution is 0.0602. The number of methoxy groups -OCH3 is 1. The number of hydrogen-bond donors (Lipinski definition) is 2. The van der Waals surface area contributed by atoms with Gasteiger partial charge >= 0.3 is 5.97 Å². The van der Waals surface area contributed by atoms with Crippen LogP contribution in [0.5, 0.6) is 0 Å². The van der Waals surface area contributed by atoms with E-state index in [1.807, 2.05) is 6.07 Å². The smallest absolute Gasteiger partial charge is 0.339 e. The predicted octanol–water partition coefficient (Wildman–Crippen LogP) is 3.77. The molecule has 0 radical (unpaired) electrons. The third-order valence-electron chi connectivity index (χ3n) is 3.52. The molecule has 3 aromatic rings.